The summed E-state index contributed by atoms with van der Waals surface area (Å²) in [4.78, 5) is 11.8. The molecule has 1 aliphatic rings. The van der Waals surface area contributed by atoms with Crippen molar-refractivity contribution in [3.8, 4) is 5.75 Å². The van der Waals surface area contributed by atoms with Crippen molar-refractivity contribution in [3.05, 3.63) is 40.4 Å². The first kappa shape index (κ1) is 12.1. The van der Waals surface area contributed by atoms with Gasteiger partial charge in [0.2, 0.25) is 0 Å². The molecule has 2 aromatic rings. The van der Waals surface area contributed by atoms with Crippen LogP contribution in [0, 0.1) is 0 Å². The summed E-state index contributed by atoms with van der Waals surface area (Å²) in [5.41, 5.74) is 3.23. The fourth-order valence-corrected chi connectivity index (χ4v) is 2.58. The molecule has 1 aliphatic heterocycles. The second-order valence-electron chi connectivity index (χ2n) is 5.88. The van der Waals surface area contributed by atoms with Crippen LogP contribution in [0.1, 0.15) is 26.3 Å². The largest absolute Gasteiger partial charge is 0.487 e. The number of nitrogens with zero attached hydrogens (tertiary/aromatic N) is 1. The van der Waals surface area contributed by atoms with Crippen molar-refractivity contribution in [3.63, 3.8) is 0 Å². The molecule has 19 heavy (non-hydrogen) atoms. The lowest BCUT2D eigenvalue weighted by Gasteiger charge is -2.16. The first-order chi connectivity index (χ1) is 8.85. The van der Waals surface area contributed by atoms with Crippen LogP contribution in [0.15, 0.2) is 33.5 Å². The highest BCUT2D eigenvalue weighted by atomic mass is 16.5. The molecule has 0 aliphatic carbocycles. The predicted molar refractivity (Wildman–Crippen MR) is 73.7 cm³/mol. The summed E-state index contributed by atoms with van der Waals surface area (Å²) in [7, 11) is 0. The smallest absolute Gasteiger partial charge is 0.420 e. The minimum Gasteiger partial charge on any atom is -0.487 e. The van der Waals surface area contributed by atoms with Crippen LogP contribution in [0.4, 0.5) is 0 Å². The normalized spacial score (nSPS) is 16.4. The van der Waals surface area contributed by atoms with Crippen LogP contribution in [0.3, 0.4) is 0 Å². The monoisotopic (exact) mass is 259 g/mol. The molecule has 0 radical (unpaired) electrons. The van der Waals surface area contributed by atoms with Crippen LogP contribution in [0.5, 0.6) is 5.75 Å². The second-order valence-corrected chi connectivity index (χ2v) is 5.88. The van der Waals surface area contributed by atoms with E-state index in [4.69, 9.17) is 9.15 Å². The van der Waals surface area contributed by atoms with Crippen LogP contribution in [0.2, 0.25) is 0 Å². The zero-order chi connectivity index (χ0) is 13.8. The van der Waals surface area contributed by atoms with Crippen molar-refractivity contribution in [2.24, 2.45) is 0 Å². The molecular weight excluding hydrogens is 242 g/mol. The standard InChI is InChI=1S/C15H17NO3/c1-9(2)8-16-11-5-10-7-15(3,4)19-12(10)6-13(11)18-14(16)17/h5-6H,1,7-8H2,2-4H3. The molecule has 0 N–H and O–H groups in total. The van der Waals surface area contributed by atoms with Gasteiger partial charge in [0, 0.05) is 24.6 Å². The zero-order valence-electron chi connectivity index (χ0n) is 11.4. The Morgan fingerprint density at radius 1 is 1.47 bits per heavy atom. The molecule has 4 heteroatoms. The van der Waals surface area contributed by atoms with E-state index in [-0.39, 0.29) is 11.4 Å². The van der Waals surface area contributed by atoms with E-state index in [1.54, 1.807) is 4.57 Å². The third-order valence-corrected chi connectivity index (χ3v) is 3.28. The summed E-state index contributed by atoms with van der Waals surface area (Å²) in [6.45, 7) is 10.3. The van der Waals surface area contributed by atoms with Crippen LogP contribution < -0.4 is 10.5 Å². The minimum absolute atomic E-state index is 0.194. The Kier molecular flexibility index (Phi) is 2.39. The molecular formula is C15H17NO3. The van der Waals surface area contributed by atoms with E-state index in [1.807, 2.05) is 19.1 Å². The topological polar surface area (TPSA) is 44.4 Å². The fraction of sp³-hybridized carbons (Fsp3) is 0.400. The number of rotatable bonds is 2. The average Bonchev–Trinajstić information content (AvgIpc) is 2.71. The van der Waals surface area contributed by atoms with Crippen molar-refractivity contribution in [1.82, 2.24) is 4.57 Å². The highest BCUT2D eigenvalue weighted by molar-refractivity contribution is 5.77. The number of oxazole rings is 1. The molecule has 0 fully saturated rings. The van der Waals surface area contributed by atoms with Crippen LogP contribution in [-0.4, -0.2) is 10.2 Å². The third-order valence-electron chi connectivity index (χ3n) is 3.28. The second kappa shape index (κ2) is 3.76. The Labute approximate surface area is 111 Å². The Morgan fingerprint density at radius 2 is 2.21 bits per heavy atom. The van der Waals surface area contributed by atoms with Gasteiger partial charge in [0.25, 0.3) is 0 Å². The molecule has 0 saturated carbocycles. The number of benzene rings is 1. The molecule has 0 saturated heterocycles. The van der Waals surface area contributed by atoms with E-state index in [9.17, 15) is 4.79 Å². The first-order valence-electron chi connectivity index (χ1n) is 6.35. The molecule has 4 nitrogen and oxygen atoms in total. The molecule has 0 amide bonds. The molecule has 3 rings (SSSR count). The first-order valence-corrected chi connectivity index (χ1v) is 6.35. The maximum Gasteiger partial charge on any atom is 0.420 e. The van der Waals surface area contributed by atoms with E-state index in [0.717, 1.165) is 28.8 Å². The molecule has 0 spiro atoms. The minimum atomic E-state index is -0.346. The summed E-state index contributed by atoms with van der Waals surface area (Å²) in [5.74, 6) is 0.467. The Morgan fingerprint density at radius 3 is 2.89 bits per heavy atom. The summed E-state index contributed by atoms with van der Waals surface area (Å²) >= 11 is 0. The Hall–Kier alpha value is -1.97. The molecule has 0 bridgehead atoms. The lowest BCUT2D eigenvalue weighted by atomic mass is 10.0. The Balaban J connectivity index is 2.19. The van der Waals surface area contributed by atoms with Gasteiger partial charge in [-0.15, -0.1) is 0 Å². The lowest BCUT2D eigenvalue weighted by Crippen LogP contribution is -2.24. The number of hydrogen-bond acceptors (Lipinski definition) is 3. The lowest BCUT2D eigenvalue weighted by molar-refractivity contribution is 0.138. The summed E-state index contributed by atoms with van der Waals surface area (Å²) in [6.07, 6.45) is 0.838. The van der Waals surface area contributed by atoms with Gasteiger partial charge in [-0.25, -0.2) is 4.79 Å². The van der Waals surface area contributed by atoms with Crippen molar-refractivity contribution in [2.45, 2.75) is 39.3 Å². The van der Waals surface area contributed by atoms with Gasteiger partial charge in [-0.1, -0.05) is 12.2 Å². The Bertz CT molecular complexity index is 734. The number of hydrogen-bond donors (Lipinski definition) is 0. The summed E-state index contributed by atoms with van der Waals surface area (Å²) in [5, 5.41) is 0. The van der Waals surface area contributed by atoms with E-state index >= 15 is 0 Å². The molecule has 2 heterocycles. The van der Waals surface area contributed by atoms with Gasteiger partial charge in [0.15, 0.2) is 5.58 Å². The molecule has 1 aromatic carbocycles. The maximum atomic E-state index is 11.8. The predicted octanol–water partition coefficient (Wildman–Crippen LogP) is 2.88. The van der Waals surface area contributed by atoms with Gasteiger partial charge in [-0.05, 0) is 26.8 Å². The summed E-state index contributed by atoms with van der Waals surface area (Å²) < 4.78 is 12.7. The average molecular weight is 259 g/mol. The maximum absolute atomic E-state index is 11.8. The van der Waals surface area contributed by atoms with Crippen LogP contribution in [-0.2, 0) is 13.0 Å². The number of fused-ring (bicyclic) bond motifs is 2. The van der Waals surface area contributed by atoms with E-state index < -0.39 is 0 Å². The van der Waals surface area contributed by atoms with E-state index in [1.165, 1.54) is 0 Å². The molecule has 100 valence electrons. The summed E-state index contributed by atoms with van der Waals surface area (Å²) in [6, 6.07) is 3.81. The van der Waals surface area contributed by atoms with Gasteiger partial charge >= 0.3 is 5.76 Å². The molecule has 1 aromatic heterocycles. The van der Waals surface area contributed by atoms with E-state index in [0.29, 0.717) is 12.1 Å². The fourth-order valence-electron chi connectivity index (χ4n) is 2.58. The van der Waals surface area contributed by atoms with Gasteiger partial charge in [-0.3, -0.25) is 4.57 Å². The van der Waals surface area contributed by atoms with Crippen molar-refractivity contribution < 1.29 is 9.15 Å². The highest BCUT2D eigenvalue weighted by Crippen LogP contribution is 2.37. The number of aromatic nitrogens is 1. The highest BCUT2D eigenvalue weighted by Gasteiger charge is 2.31. The molecule has 0 unspecified atom stereocenters. The molecule has 0 atom stereocenters. The quantitative estimate of drug-likeness (QED) is 0.779. The van der Waals surface area contributed by atoms with Gasteiger partial charge in [-0.2, -0.15) is 0 Å². The van der Waals surface area contributed by atoms with Gasteiger partial charge in [0.05, 0.1) is 5.52 Å². The zero-order valence-corrected chi connectivity index (χ0v) is 11.4. The SMILES string of the molecule is C=C(C)Cn1c(=O)oc2cc3c(cc21)CC(C)(C)O3. The van der Waals surface area contributed by atoms with Gasteiger partial charge < -0.3 is 9.15 Å². The number of allylic oxidation sites excluding steroid dienone is 1. The van der Waals surface area contributed by atoms with Crippen LogP contribution >= 0.6 is 0 Å². The number of ether oxygens (including phenoxy) is 1. The van der Waals surface area contributed by atoms with E-state index in [2.05, 4.69) is 20.4 Å². The third kappa shape index (κ3) is 1.97. The van der Waals surface area contributed by atoms with Crippen molar-refractivity contribution >= 4 is 11.1 Å². The van der Waals surface area contributed by atoms with Gasteiger partial charge in [0.1, 0.15) is 11.4 Å². The van der Waals surface area contributed by atoms with Crippen molar-refractivity contribution in [1.29, 1.82) is 0 Å². The van der Waals surface area contributed by atoms with Crippen molar-refractivity contribution in [2.75, 3.05) is 0 Å². The van der Waals surface area contributed by atoms with Crippen LogP contribution in [0.25, 0.3) is 11.1 Å².